The van der Waals surface area contributed by atoms with Crippen LogP contribution in [-0.4, -0.2) is 43.2 Å². The highest BCUT2D eigenvalue weighted by Gasteiger charge is 2.36. The van der Waals surface area contributed by atoms with E-state index < -0.39 is 5.60 Å². The first-order valence-corrected chi connectivity index (χ1v) is 12.4. The highest BCUT2D eigenvalue weighted by atomic mass is 32.2. The standard InChI is InChI=1S/C24H25N3O5S2/c1-14(2)27-21(29)18(33-23(27)30)12-15-10-11-20(31-15)34-22-25-16-8-6-7-9-17(16)26(22)13-19(28)32-24(3,4)5/h6-12,14H,13H2,1-5H3. The molecule has 0 bridgehead atoms. The number of aromatic nitrogens is 2. The van der Waals surface area contributed by atoms with Crippen LogP contribution >= 0.6 is 23.5 Å². The minimum Gasteiger partial charge on any atom is -0.459 e. The average Bonchev–Trinajstić information content (AvgIpc) is 3.38. The van der Waals surface area contributed by atoms with E-state index in [9.17, 15) is 14.4 Å². The molecule has 3 aromatic rings. The number of imidazole rings is 1. The Hall–Kier alpha value is -2.98. The van der Waals surface area contributed by atoms with E-state index >= 15 is 0 Å². The molecule has 0 N–H and O–H groups in total. The van der Waals surface area contributed by atoms with Gasteiger partial charge in [-0.15, -0.1) is 0 Å². The fraction of sp³-hybridized carbons (Fsp3) is 0.333. The number of rotatable bonds is 6. The Balaban J connectivity index is 1.58. The molecule has 1 aliphatic heterocycles. The highest BCUT2D eigenvalue weighted by molar-refractivity contribution is 8.18. The van der Waals surface area contributed by atoms with Crippen LogP contribution in [0.25, 0.3) is 17.1 Å². The summed E-state index contributed by atoms with van der Waals surface area (Å²) in [6.07, 6.45) is 1.57. The van der Waals surface area contributed by atoms with Gasteiger partial charge in [-0.05, 0) is 82.4 Å². The molecule has 0 spiro atoms. The third-order valence-electron chi connectivity index (χ3n) is 4.73. The first-order valence-electron chi connectivity index (χ1n) is 10.7. The lowest BCUT2D eigenvalue weighted by Gasteiger charge is -2.20. The molecule has 8 nitrogen and oxygen atoms in total. The molecule has 34 heavy (non-hydrogen) atoms. The van der Waals surface area contributed by atoms with Gasteiger partial charge >= 0.3 is 5.97 Å². The Morgan fingerprint density at radius 3 is 2.62 bits per heavy atom. The smallest absolute Gasteiger partial charge is 0.326 e. The molecule has 1 fully saturated rings. The molecule has 0 radical (unpaired) electrons. The van der Waals surface area contributed by atoms with Gasteiger partial charge in [0.05, 0.1) is 15.9 Å². The van der Waals surface area contributed by atoms with E-state index in [1.807, 2.05) is 45.0 Å². The number of para-hydroxylation sites is 2. The molecular weight excluding hydrogens is 474 g/mol. The molecule has 1 aromatic carbocycles. The zero-order valence-corrected chi connectivity index (χ0v) is 21.2. The van der Waals surface area contributed by atoms with Crippen molar-refractivity contribution >= 4 is 57.7 Å². The van der Waals surface area contributed by atoms with Crippen LogP contribution in [0, 0.1) is 0 Å². The Kier molecular flexibility index (Phi) is 6.64. The number of amides is 2. The number of hydrogen-bond acceptors (Lipinski definition) is 8. The maximum Gasteiger partial charge on any atom is 0.326 e. The third-order valence-corrected chi connectivity index (χ3v) is 6.53. The highest BCUT2D eigenvalue weighted by Crippen LogP contribution is 2.36. The maximum atomic E-state index is 12.5. The number of benzene rings is 1. The summed E-state index contributed by atoms with van der Waals surface area (Å²) in [5, 5.41) is 0.825. The second kappa shape index (κ2) is 9.34. The summed E-state index contributed by atoms with van der Waals surface area (Å²) in [5.41, 5.74) is 0.972. The van der Waals surface area contributed by atoms with Crippen LogP contribution in [0.5, 0.6) is 0 Å². The fourth-order valence-electron chi connectivity index (χ4n) is 3.40. The molecule has 1 aliphatic rings. The topological polar surface area (TPSA) is 94.6 Å². The molecule has 3 heterocycles. The van der Waals surface area contributed by atoms with Crippen LogP contribution in [0.1, 0.15) is 40.4 Å². The van der Waals surface area contributed by atoms with Crippen molar-refractivity contribution in [3.05, 3.63) is 47.1 Å². The van der Waals surface area contributed by atoms with Gasteiger partial charge in [0.2, 0.25) is 0 Å². The number of ether oxygens (including phenoxy) is 1. The number of carbonyl (C=O) groups is 3. The summed E-state index contributed by atoms with van der Waals surface area (Å²) < 4.78 is 13.2. The SMILES string of the molecule is CC(C)N1C(=O)SC(=Cc2ccc(Sc3nc4ccccc4n3CC(=O)OC(C)(C)C)o2)C1=O. The van der Waals surface area contributed by atoms with Crippen LogP contribution in [0.2, 0.25) is 0 Å². The van der Waals surface area contributed by atoms with Crippen LogP contribution < -0.4 is 0 Å². The van der Waals surface area contributed by atoms with E-state index in [0.29, 0.717) is 20.9 Å². The summed E-state index contributed by atoms with van der Waals surface area (Å²) in [6, 6.07) is 10.8. The van der Waals surface area contributed by atoms with Crippen molar-refractivity contribution in [2.24, 2.45) is 0 Å². The van der Waals surface area contributed by atoms with Crippen molar-refractivity contribution < 1.29 is 23.5 Å². The number of nitrogens with zero attached hydrogens (tertiary/aromatic N) is 3. The van der Waals surface area contributed by atoms with Crippen molar-refractivity contribution in [2.75, 3.05) is 0 Å². The number of furan rings is 1. The summed E-state index contributed by atoms with van der Waals surface area (Å²) in [6.45, 7) is 9.08. The Morgan fingerprint density at radius 1 is 1.21 bits per heavy atom. The van der Waals surface area contributed by atoms with Crippen molar-refractivity contribution in [1.29, 1.82) is 0 Å². The van der Waals surface area contributed by atoms with Crippen molar-refractivity contribution in [2.45, 2.75) is 63.1 Å². The van der Waals surface area contributed by atoms with E-state index in [-0.39, 0.29) is 29.7 Å². The molecule has 0 aliphatic carbocycles. The minimum atomic E-state index is -0.591. The Labute approximate surface area is 205 Å². The van der Waals surface area contributed by atoms with Crippen molar-refractivity contribution in [1.82, 2.24) is 14.5 Å². The summed E-state index contributed by atoms with van der Waals surface area (Å²) >= 11 is 2.16. The van der Waals surface area contributed by atoms with Gasteiger partial charge in [-0.3, -0.25) is 19.3 Å². The number of hydrogen-bond donors (Lipinski definition) is 0. The number of thioether (sulfide) groups is 1. The number of imide groups is 1. The van der Waals surface area contributed by atoms with Crippen LogP contribution in [0.3, 0.4) is 0 Å². The van der Waals surface area contributed by atoms with Crippen LogP contribution in [0.15, 0.2) is 56.0 Å². The largest absolute Gasteiger partial charge is 0.459 e. The molecule has 0 unspecified atom stereocenters. The van der Waals surface area contributed by atoms with Crippen LogP contribution in [-0.2, 0) is 20.9 Å². The number of fused-ring (bicyclic) bond motifs is 1. The van der Waals surface area contributed by atoms with Crippen LogP contribution in [0.4, 0.5) is 4.79 Å². The lowest BCUT2D eigenvalue weighted by molar-refractivity contribution is -0.155. The zero-order chi connectivity index (χ0) is 24.6. The van der Waals surface area contributed by atoms with Gasteiger partial charge in [-0.2, -0.15) is 0 Å². The van der Waals surface area contributed by atoms with Crippen molar-refractivity contribution in [3.8, 4) is 0 Å². The first-order chi connectivity index (χ1) is 16.0. The van der Waals surface area contributed by atoms with E-state index in [1.165, 1.54) is 16.7 Å². The predicted octanol–water partition coefficient (Wildman–Crippen LogP) is 5.57. The second-order valence-corrected chi connectivity index (χ2v) is 10.9. The zero-order valence-electron chi connectivity index (χ0n) is 19.5. The lowest BCUT2D eigenvalue weighted by atomic mass is 10.2. The molecular formula is C24H25N3O5S2. The minimum absolute atomic E-state index is 0.00994. The third kappa shape index (κ3) is 5.23. The van der Waals surface area contributed by atoms with Gasteiger partial charge in [0.1, 0.15) is 17.9 Å². The summed E-state index contributed by atoms with van der Waals surface area (Å²) in [4.78, 5) is 43.4. The maximum absolute atomic E-state index is 12.5. The van der Waals surface area contributed by atoms with Gasteiger partial charge in [-0.1, -0.05) is 12.1 Å². The van der Waals surface area contributed by atoms with E-state index in [2.05, 4.69) is 4.98 Å². The summed E-state index contributed by atoms with van der Waals surface area (Å²) in [7, 11) is 0. The molecule has 2 aromatic heterocycles. The quantitative estimate of drug-likeness (QED) is 0.321. The molecule has 4 rings (SSSR count). The van der Waals surface area contributed by atoms with E-state index in [1.54, 1.807) is 36.6 Å². The second-order valence-electron chi connectivity index (χ2n) is 8.96. The predicted molar refractivity (Wildman–Crippen MR) is 131 cm³/mol. The van der Waals surface area contributed by atoms with Gasteiger partial charge < -0.3 is 13.7 Å². The summed E-state index contributed by atoms with van der Waals surface area (Å²) in [5.74, 6) is -0.236. The Morgan fingerprint density at radius 2 is 1.94 bits per heavy atom. The monoisotopic (exact) mass is 499 g/mol. The molecule has 178 valence electrons. The van der Waals surface area contributed by atoms with Gasteiger partial charge in [0, 0.05) is 12.1 Å². The van der Waals surface area contributed by atoms with Gasteiger partial charge in [0.25, 0.3) is 11.1 Å². The lowest BCUT2D eigenvalue weighted by Crippen LogP contribution is -2.34. The first kappa shape index (κ1) is 24.2. The molecule has 0 atom stereocenters. The molecule has 0 saturated carbocycles. The molecule has 1 saturated heterocycles. The van der Waals surface area contributed by atoms with Gasteiger partial charge in [-0.25, -0.2) is 4.98 Å². The molecule has 10 heteroatoms. The normalized spacial score (nSPS) is 15.8. The average molecular weight is 500 g/mol. The van der Waals surface area contributed by atoms with E-state index in [0.717, 1.165) is 22.8 Å². The van der Waals surface area contributed by atoms with Gasteiger partial charge in [0.15, 0.2) is 10.2 Å². The number of esters is 1. The molecule has 2 amide bonds. The Bertz CT molecular complexity index is 1300. The fourth-order valence-corrected chi connectivity index (χ4v) is 5.21. The number of carbonyl (C=O) groups excluding carboxylic acids is 3. The van der Waals surface area contributed by atoms with E-state index in [4.69, 9.17) is 9.15 Å². The van der Waals surface area contributed by atoms with Crippen molar-refractivity contribution in [3.63, 3.8) is 0 Å².